The Bertz CT molecular complexity index is 725. The van der Waals surface area contributed by atoms with E-state index in [4.69, 9.17) is 0 Å². The summed E-state index contributed by atoms with van der Waals surface area (Å²) >= 11 is 4.80. The van der Waals surface area contributed by atoms with Crippen LogP contribution in [0.15, 0.2) is 36.4 Å². The van der Waals surface area contributed by atoms with E-state index in [1.54, 1.807) is 0 Å². The van der Waals surface area contributed by atoms with Crippen molar-refractivity contribution in [1.82, 2.24) is 4.23 Å². The zero-order valence-electron chi connectivity index (χ0n) is 11.2. The number of halogens is 2. The zero-order chi connectivity index (χ0) is 13.8. The van der Waals surface area contributed by atoms with Crippen molar-refractivity contribution < 1.29 is 0 Å². The molecular weight excluding hydrogens is 476 g/mol. The fourth-order valence-electron chi connectivity index (χ4n) is 2.69. The molecule has 0 radical (unpaired) electrons. The van der Waals surface area contributed by atoms with Gasteiger partial charge in [-0.3, -0.25) is 0 Å². The molecule has 2 aromatic carbocycles. The summed E-state index contributed by atoms with van der Waals surface area (Å²) in [4.78, 5) is 0. The van der Waals surface area contributed by atoms with Gasteiger partial charge in [0.2, 0.25) is 0 Å². The number of rotatable bonds is 1. The van der Waals surface area contributed by atoms with Crippen molar-refractivity contribution in [3.8, 4) is 0 Å². The molecule has 0 aliphatic rings. The second kappa shape index (κ2) is 4.73. The molecule has 3 rings (SSSR count). The lowest BCUT2D eigenvalue weighted by Gasteiger charge is -2.21. The highest BCUT2D eigenvalue weighted by molar-refractivity contribution is 14.1. The molecule has 0 N–H and O–H groups in total. The van der Waals surface area contributed by atoms with Crippen molar-refractivity contribution in [3.63, 3.8) is 0 Å². The van der Waals surface area contributed by atoms with Crippen LogP contribution in [0.1, 0.15) is 0 Å². The summed E-state index contributed by atoms with van der Waals surface area (Å²) < 4.78 is 5.20. The van der Waals surface area contributed by atoms with E-state index in [-0.39, 0.29) is 0 Å². The zero-order valence-corrected chi connectivity index (χ0v) is 16.5. The minimum atomic E-state index is -1.43. The Labute approximate surface area is 141 Å². The lowest BCUT2D eigenvalue weighted by atomic mass is 10.2. The molecule has 19 heavy (non-hydrogen) atoms. The minimum Gasteiger partial charge on any atom is -0.368 e. The predicted molar refractivity (Wildman–Crippen MR) is 104 cm³/mol. The SMILES string of the molecule is C[Si](C)(C)n1c2ccc(I)cc2c2cc(I)ccc21. The van der Waals surface area contributed by atoms with E-state index >= 15 is 0 Å². The van der Waals surface area contributed by atoms with Crippen LogP contribution in [0, 0.1) is 7.14 Å². The molecule has 0 amide bonds. The second-order valence-electron chi connectivity index (χ2n) is 5.83. The van der Waals surface area contributed by atoms with Crippen molar-refractivity contribution in [1.29, 1.82) is 0 Å². The molecule has 0 bridgehead atoms. The van der Waals surface area contributed by atoms with Crippen molar-refractivity contribution in [2.45, 2.75) is 19.6 Å². The molecule has 0 aliphatic carbocycles. The molecule has 0 fully saturated rings. The Morgan fingerprint density at radius 3 is 1.58 bits per heavy atom. The van der Waals surface area contributed by atoms with Crippen molar-refractivity contribution >= 4 is 75.2 Å². The van der Waals surface area contributed by atoms with E-state index in [2.05, 4.69) is 105 Å². The van der Waals surface area contributed by atoms with Crippen molar-refractivity contribution in [3.05, 3.63) is 43.5 Å². The lowest BCUT2D eigenvalue weighted by Crippen LogP contribution is -2.31. The Balaban J connectivity index is 2.58. The molecule has 1 nitrogen and oxygen atoms in total. The predicted octanol–water partition coefficient (Wildman–Crippen LogP) is 5.69. The van der Waals surface area contributed by atoms with Gasteiger partial charge in [0.1, 0.15) is 0 Å². The van der Waals surface area contributed by atoms with E-state index in [9.17, 15) is 0 Å². The third-order valence-electron chi connectivity index (χ3n) is 3.36. The first-order valence-corrected chi connectivity index (χ1v) is 11.9. The molecular formula is C15H15I2NSi. The van der Waals surface area contributed by atoms with Crippen LogP contribution >= 0.6 is 45.2 Å². The Kier molecular flexibility index (Phi) is 3.46. The molecule has 3 aromatic rings. The topological polar surface area (TPSA) is 4.93 Å². The summed E-state index contributed by atoms with van der Waals surface area (Å²) in [6.07, 6.45) is 0. The van der Waals surface area contributed by atoms with Crippen LogP contribution in [-0.4, -0.2) is 12.5 Å². The van der Waals surface area contributed by atoms with Gasteiger partial charge in [-0.05, 0) is 81.6 Å². The van der Waals surface area contributed by atoms with Gasteiger partial charge in [0, 0.05) is 28.9 Å². The van der Waals surface area contributed by atoms with E-state index < -0.39 is 8.24 Å². The molecule has 0 atom stereocenters. The average molecular weight is 491 g/mol. The van der Waals surface area contributed by atoms with Gasteiger partial charge in [0.25, 0.3) is 0 Å². The molecule has 98 valence electrons. The summed E-state index contributed by atoms with van der Waals surface area (Å²) in [7, 11) is -1.43. The average Bonchev–Trinajstić information content (AvgIpc) is 2.62. The van der Waals surface area contributed by atoms with Gasteiger partial charge < -0.3 is 4.23 Å². The first-order valence-electron chi connectivity index (χ1n) is 6.27. The largest absolute Gasteiger partial charge is 0.368 e. The number of benzene rings is 2. The van der Waals surface area contributed by atoms with E-state index in [1.807, 2.05) is 0 Å². The molecule has 0 saturated carbocycles. The quantitative estimate of drug-likeness (QED) is 0.305. The summed E-state index contributed by atoms with van der Waals surface area (Å²) in [6.45, 7) is 7.21. The van der Waals surface area contributed by atoms with Crippen molar-refractivity contribution in [2.75, 3.05) is 0 Å². The Hall–Kier alpha value is -0.0831. The Morgan fingerprint density at radius 1 is 0.789 bits per heavy atom. The van der Waals surface area contributed by atoms with Crippen LogP contribution in [0.25, 0.3) is 21.8 Å². The smallest absolute Gasteiger partial charge is 0.153 e. The highest BCUT2D eigenvalue weighted by Crippen LogP contribution is 2.33. The normalized spacial score (nSPS) is 12.5. The third-order valence-corrected chi connectivity index (χ3v) is 6.53. The van der Waals surface area contributed by atoms with Crippen LogP contribution in [0.3, 0.4) is 0 Å². The summed E-state index contributed by atoms with van der Waals surface area (Å²) in [5, 5.41) is 2.78. The fraction of sp³-hybridized carbons (Fsp3) is 0.200. The van der Waals surface area contributed by atoms with Gasteiger partial charge in [-0.25, -0.2) is 0 Å². The summed E-state index contributed by atoms with van der Waals surface area (Å²) in [5.41, 5.74) is 2.77. The number of nitrogens with zero attached hydrogens (tertiary/aromatic N) is 1. The van der Waals surface area contributed by atoms with Gasteiger partial charge in [0.05, 0.1) is 0 Å². The van der Waals surface area contributed by atoms with Gasteiger partial charge >= 0.3 is 0 Å². The summed E-state index contributed by atoms with van der Waals surface area (Å²) in [6, 6.07) is 13.6. The van der Waals surface area contributed by atoms with Crippen molar-refractivity contribution in [2.24, 2.45) is 0 Å². The highest BCUT2D eigenvalue weighted by Gasteiger charge is 2.22. The third kappa shape index (κ3) is 2.35. The minimum absolute atomic E-state index is 1.30. The second-order valence-corrected chi connectivity index (χ2v) is 13.1. The molecule has 0 spiro atoms. The Morgan fingerprint density at radius 2 is 1.21 bits per heavy atom. The number of hydrogen-bond acceptors (Lipinski definition) is 0. The van der Waals surface area contributed by atoms with Gasteiger partial charge in [-0.2, -0.15) is 0 Å². The standard InChI is InChI=1S/C15H15I2NSi/c1-19(2,3)18-14-6-4-10(16)8-12(14)13-9-11(17)5-7-15(13)18/h4-9H,1-3H3. The lowest BCUT2D eigenvalue weighted by molar-refractivity contribution is 1.25. The fourth-order valence-corrected chi connectivity index (χ4v) is 5.51. The summed E-state index contributed by atoms with van der Waals surface area (Å²) in [5.74, 6) is 0. The molecule has 0 saturated heterocycles. The van der Waals surface area contributed by atoms with Crippen LogP contribution < -0.4 is 0 Å². The van der Waals surface area contributed by atoms with Crippen LogP contribution in [0.2, 0.25) is 19.6 Å². The highest BCUT2D eigenvalue weighted by atomic mass is 127. The molecule has 1 heterocycles. The van der Waals surface area contributed by atoms with E-state index in [1.165, 1.54) is 28.9 Å². The first kappa shape index (κ1) is 13.9. The van der Waals surface area contributed by atoms with E-state index in [0.29, 0.717) is 0 Å². The van der Waals surface area contributed by atoms with Crippen LogP contribution in [0.5, 0.6) is 0 Å². The van der Waals surface area contributed by atoms with Crippen LogP contribution in [0.4, 0.5) is 0 Å². The first-order chi connectivity index (χ1) is 8.88. The number of hydrogen-bond donors (Lipinski definition) is 0. The molecule has 0 unspecified atom stereocenters. The van der Waals surface area contributed by atoms with Crippen LogP contribution in [-0.2, 0) is 0 Å². The maximum absolute atomic E-state index is 2.59. The van der Waals surface area contributed by atoms with Gasteiger partial charge in [0.15, 0.2) is 8.24 Å². The maximum atomic E-state index is 2.59. The molecule has 4 heteroatoms. The van der Waals surface area contributed by atoms with Gasteiger partial charge in [-0.15, -0.1) is 0 Å². The number of aromatic nitrogens is 1. The molecule has 1 aromatic heterocycles. The van der Waals surface area contributed by atoms with Gasteiger partial charge in [-0.1, -0.05) is 19.6 Å². The molecule has 0 aliphatic heterocycles. The monoisotopic (exact) mass is 491 g/mol. The maximum Gasteiger partial charge on any atom is 0.153 e. The number of fused-ring (bicyclic) bond motifs is 3. The van der Waals surface area contributed by atoms with E-state index in [0.717, 1.165) is 0 Å².